The van der Waals surface area contributed by atoms with Gasteiger partial charge in [0.15, 0.2) is 11.7 Å². The summed E-state index contributed by atoms with van der Waals surface area (Å²) < 4.78 is 5.33. The zero-order chi connectivity index (χ0) is 17.4. The molecule has 2 rings (SSSR count). The number of hydrogen-bond acceptors (Lipinski definition) is 3. The number of aromatic nitrogens is 1. The van der Waals surface area contributed by atoms with Gasteiger partial charge in [-0.2, -0.15) is 0 Å². The van der Waals surface area contributed by atoms with Crippen LogP contribution in [0, 0.1) is 0 Å². The first-order chi connectivity index (χ1) is 11.6. The second-order valence-electron chi connectivity index (χ2n) is 6.33. The number of nitrogens with zero attached hydrogens (tertiary/aromatic N) is 2. The number of nitrogens with one attached hydrogen (secondary N) is 2. The van der Waals surface area contributed by atoms with E-state index in [1.54, 1.807) is 7.05 Å². The predicted octanol–water partition coefficient (Wildman–Crippen LogP) is 3.66. The molecule has 0 saturated carbocycles. The van der Waals surface area contributed by atoms with Crippen LogP contribution in [-0.2, 0) is 6.54 Å². The number of rotatable bonds is 7. The highest BCUT2D eigenvalue weighted by molar-refractivity contribution is 5.79. The second-order valence-corrected chi connectivity index (χ2v) is 6.33. The van der Waals surface area contributed by atoms with Crippen molar-refractivity contribution in [2.45, 2.75) is 45.6 Å². The molecular formula is C19H28N4O. The van der Waals surface area contributed by atoms with Gasteiger partial charge in [-0.15, -0.1) is 0 Å². The Morgan fingerprint density at radius 3 is 2.54 bits per heavy atom. The normalized spacial score (nSPS) is 13.1. The van der Waals surface area contributed by atoms with Crippen LogP contribution >= 0.6 is 0 Å². The summed E-state index contributed by atoms with van der Waals surface area (Å²) in [6.45, 7) is 7.89. The third-order valence-corrected chi connectivity index (χ3v) is 4.06. The van der Waals surface area contributed by atoms with Crippen molar-refractivity contribution in [3.63, 3.8) is 0 Å². The Morgan fingerprint density at radius 2 is 1.92 bits per heavy atom. The van der Waals surface area contributed by atoms with Crippen LogP contribution in [0.2, 0.25) is 0 Å². The zero-order valence-electron chi connectivity index (χ0n) is 15.0. The molecule has 0 fully saturated rings. The minimum atomic E-state index is 0.374. The molecule has 0 bridgehead atoms. The molecule has 1 unspecified atom stereocenters. The molecule has 0 amide bonds. The Hall–Kier alpha value is -2.30. The number of aliphatic imine (C=N–C) groups is 1. The fraction of sp³-hybridized carbons (Fsp3) is 0.474. The third kappa shape index (κ3) is 5.41. The van der Waals surface area contributed by atoms with Gasteiger partial charge in [-0.25, -0.2) is 0 Å². The van der Waals surface area contributed by atoms with Gasteiger partial charge in [0, 0.05) is 19.7 Å². The summed E-state index contributed by atoms with van der Waals surface area (Å²) in [6.07, 6.45) is 1.05. The van der Waals surface area contributed by atoms with E-state index in [9.17, 15) is 0 Å². The third-order valence-electron chi connectivity index (χ3n) is 4.06. The van der Waals surface area contributed by atoms with Gasteiger partial charge in [-0.05, 0) is 23.8 Å². The van der Waals surface area contributed by atoms with Gasteiger partial charge in [0.2, 0.25) is 0 Å². The van der Waals surface area contributed by atoms with Crippen molar-refractivity contribution in [3.8, 4) is 0 Å². The van der Waals surface area contributed by atoms with E-state index < -0.39 is 0 Å². The Bertz CT molecular complexity index is 634. The van der Waals surface area contributed by atoms with Crippen LogP contribution in [0.3, 0.4) is 0 Å². The maximum Gasteiger partial charge on any atom is 0.191 e. The lowest BCUT2D eigenvalue weighted by atomic mass is 9.98. The monoisotopic (exact) mass is 328 g/mol. The first-order valence-corrected chi connectivity index (χ1v) is 8.55. The van der Waals surface area contributed by atoms with Crippen LogP contribution in [0.15, 0.2) is 45.9 Å². The van der Waals surface area contributed by atoms with Crippen molar-refractivity contribution in [3.05, 3.63) is 53.4 Å². The average molecular weight is 328 g/mol. The molecule has 0 saturated heterocycles. The van der Waals surface area contributed by atoms with Gasteiger partial charge in [0.1, 0.15) is 0 Å². The molecule has 0 aliphatic heterocycles. The standard InChI is InChI=1S/C19H28N4O/c1-14(2)18-12-17(24-23-18)13-22-19(20-4)21-11-10-15(3)16-8-6-5-7-9-16/h5-9,12,14-15H,10-11,13H2,1-4H3,(H2,20,21,22). The molecule has 5 nitrogen and oxygen atoms in total. The van der Waals surface area contributed by atoms with Crippen LogP contribution in [0.1, 0.15) is 56.0 Å². The van der Waals surface area contributed by atoms with Crippen molar-refractivity contribution in [2.75, 3.05) is 13.6 Å². The van der Waals surface area contributed by atoms with Crippen LogP contribution in [0.25, 0.3) is 0 Å². The molecule has 24 heavy (non-hydrogen) atoms. The molecule has 0 aliphatic carbocycles. The molecule has 1 heterocycles. The largest absolute Gasteiger partial charge is 0.359 e. The zero-order valence-corrected chi connectivity index (χ0v) is 15.0. The summed E-state index contributed by atoms with van der Waals surface area (Å²) in [4.78, 5) is 4.25. The first-order valence-electron chi connectivity index (χ1n) is 8.55. The maximum absolute atomic E-state index is 5.33. The van der Waals surface area contributed by atoms with Gasteiger partial charge < -0.3 is 15.2 Å². The summed E-state index contributed by atoms with van der Waals surface area (Å²) in [5.74, 6) is 2.48. The number of benzene rings is 1. The van der Waals surface area contributed by atoms with Crippen LogP contribution in [-0.4, -0.2) is 24.7 Å². The fourth-order valence-corrected chi connectivity index (χ4v) is 2.43. The predicted molar refractivity (Wildman–Crippen MR) is 98.3 cm³/mol. The van der Waals surface area contributed by atoms with Crippen LogP contribution in [0.4, 0.5) is 0 Å². The number of guanidine groups is 1. The topological polar surface area (TPSA) is 62.5 Å². The number of hydrogen-bond donors (Lipinski definition) is 2. The van der Waals surface area contributed by atoms with Gasteiger partial charge in [-0.3, -0.25) is 4.99 Å². The Kier molecular flexibility index (Phi) is 6.85. The fourth-order valence-electron chi connectivity index (χ4n) is 2.43. The van der Waals surface area contributed by atoms with Crippen molar-refractivity contribution >= 4 is 5.96 Å². The minimum absolute atomic E-state index is 0.374. The minimum Gasteiger partial charge on any atom is -0.359 e. The van der Waals surface area contributed by atoms with Gasteiger partial charge >= 0.3 is 0 Å². The van der Waals surface area contributed by atoms with Crippen molar-refractivity contribution in [1.82, 2.24) is 15.8 Å². The Balaban J connectivity index is 1.74. The molecule has 2 aromatic rings. The Labute approximate surface area is 144 Å². The summed E-state index contributed by atoms with van der Waals surface area (Å²) in [5.41, 5.74) is 2.34. The second kappa shape index (κ2) is 9.11. The van der Waals surface area contributed by atoms with Gasteiger partial charge in [0.25, 0.3) is 0 Å². The lowest BCUT2D eigenvalue weighted by Gasteiger charge is -2.14. The van der Waals surface area contributed by atoms with E-state index in [2.05, 4.69) is 71.9 Å². The molecule has 1 aromatic heterocycles. The summed E-state index contributed by atoms with van der Waals surface area (Å²) in [6, 6.07) is 12.6. The smallest absolute Gasteiger partial charge is 0.191 e. The van der Waals surface area contributed by atoms with E-state index in [4.69, 9.17) is 4.52 Å². The van der Waals surface area contributed by atoms with Crippen molar-refractivity contribution in [1.29, 1.82) is 0 Å². The highest BCUT2D eigenvalue weighted by Crippen LogP contribution is 2.17. The molecular weight excluding hydrogens is 300 g/mol. The summed E-state index contributed by atoms with van der Waals surface area (Å²) in [7, 11) is 1.77. The SMILES string of the molecule is CN=C(NCCC(C)c1ccccc1)NCc1cc(C(C)C)no1. The average Bonchev–Trinajstić information content (AvgIpc) is 3.08. The molecule has 1 atom stereocenters. The maximum atomic E-state index is 5.33. The van der Waals surface area contributed by atoms with E-state index in [1.165, 1.54) is 5.56 Å². The molecule has 0 spiro atoms. The van der Waals surface area contributed by atoms with E-state index in [0.29, 0.717) is 18.4 Å². The van der Waals surface area contributed by atoms with E-state index in [-0.39, 0.29) is 0 Å². The van der Waals surface area contributed by atoms with E-state index in [1.807, 2.05) is 6.07 Å². The van der Waals surface area contributed by atoms with Crippen LogP contribution < -0.4 is 10.6 Å². The molecule has 5 heteroatoms. The summed E-state index contributed by atoms with van der Waals surface area (Å²) >= 11 is 0. The highest BCUT2D eigenvalue weighted by atomic mass is 16.5. The first kappa shape index (κ1) is 18.0. The molecule has 2 N–H and O–H groups in total. The molecule has 0 radical (unpaired) electrons. The van der Waals surface area contributed by atoms with Gasteiger partial charge in [-0.1, -0.05) is 56.3 Å². The van der Waals surface area contributed by atoms with E-state index >= 15 is 0 Å². The lowest BCUT2D eigenvalue weighted by Crippen LogP contribution is -2.37. The molecule has 1 aromatic carbocycles. The van der Waals surface area contributed by atoms with Crippen molar-refractivity contribution < 1.29 is 4.52 Å². The molecule has 130 valence electrons. The Morgan fingerprint density at radius 1 is 1.17 bits per heavy atom. The quantitative estimate of drug-likeness (QED) is 0.601. The van der Waals surface area contributed by atoms with Crippen LogP contribution in [0.5, 0.6) is 0 Å². The summed E-state index contributed by atoms with van der Waals surface area (Å²) in [5, 5.41) is 10.7. The van der Waals surface area contributed by atoms with E-state index in [0.717, 1.165) is 30.4 Å². The highest BCUT2D eigenvalue weighted by Gasteiger charge is 2.09. The van der Waals surface area contributed by atoms with Gasteiger partial charge in [0.05, 0.1) is 12.2 Å². The molecule has 0 aliphatic rings. The lowest BCUT2D eigenvalue weighted by molar-refractivity contribution is 0.372. The van der Waals surface area contributed by atoms with Crippen molar-refractivity contribution in [2.24, 2.45) is 4.99 Å².